The maximum Gasteiger partial charge on any atom is 0.293 e. The Balaban J connectivity index is 2.23. The maximum atomic E-state index is 10.0. The predicted molar refractivity (Wildman–Crippen MR) is 63.0 cm³/mol. The fourth-order valence-corrected chi connectivity index (χ4v) is 2.46. The van der Waals surface area contributed by atoms with Crippen LogP contribution in [0.25, 0.3) is 0 Å². The van der Waals surface area contributed by atoms with Gasteiger partial charge in [0.15, 0.2) is 0 Å². The summed E-state index contributed by atoms with van der Waals surface area (Å²) in [5, 5.41) is 0. The lowest BCUT2D eigenvalue weighted by Gasteiger charge is -1.97. The molecule has 0 spiro atoms. The molecule has 0 N–H and O–H groups in total. The number of carbonyl (C=O) groups excluding carboxylic acids is 1. The second-order valence-corrected chi connectivity index (χ2v) is 4.84. The molecular weight excluding hydrogens is 208 g/mol. The average Bonchev–Trinajstić information content (AvgIpc) is 2.69. The van der Waals surface area contributed by atoms with Crippen molar-refractivity contribution in [2.75, 3.05) is 0 Å². The van der Waals surface area contributed by atoms with Gasteiger partial charge in [0.1, 0.15) is 6.61 Å². The van der Waals surface area contributed by atoms with E-state index in [2.05, 4.69) is 13.0 Å². The maximum absolute atomic E-state index is 10.0. The quantitative estimate of drug-likeness (QED) is 0.500. The molecule has 1 heterocycles. The molecule has 0 aliphatic carbocycles. The van der Waals surface area contributed by atoms with E-state index in [4.69, 9.17) is 4.74 Å². The lowest BCUT2D eigenvalue weighted by Crippen LogP contribution is -1.85. The highest BCUT2D eigenvalue weighted by Gasteiger charge is 2.00. The molecule has 0 aliphatic heterocycles. The van der Waals surface area contributed by atoms with Crippen LogP contribution in [0, 0.1) is 0 Å². The molecule has 0 aromatic carbocycles. The van der Waals surface area contributed by atoms with Crippen LogP contribution in [-0.4, -0.2) is 6.47 Å². The van der Waals surface area contributed by atoms with Crippen LogP contribution in [0.5, 0.6) is 0 Å². The number of thiophene rings is 1. The van der Waals surface area contributed by atoms with Gasteiger partial charge in [-0.05, 0) is 25.0 Å². The summed E-state index contributed by atoms with van der Waals surface area (Å²) in [5.41, 5.74) is 0. The highest BCUT2D eigenvalue weighted by atomic mass is 32.1. The van der Waals surface area contributed by atoms with Crippen molar-refractivity contribution in [2.45, 2.75) is 45.6 Å². The van der Waals surface area contributed by atoms with Crippen LogP contribution in [0.15, 0.2) is 12.1 Å². The van der Waals surface area contributed by atoms with E-state index in [1.54, 1.807) is 11.3 Å². The van der Waals surface area contributed by atoms with E-state index in [0.29, 0.717) is 13.1 Å². The van der Waals surface area contributed by atoms with Crippen LogP contribution in [-0.2, 0) is 22.6 Å². The highest BCUT2D eigenvalue weighted by Crippen LogP contribution is 2.19. The Labute approximate surface area is 95.3 Å². The van der Waals surface area contributed by atoms with Crippen LogP contribution in [0.3, 0.4) is 0 Å². The zero-order valence-corrected chi connectivity index (χ0v) is 10.0. The van der Waals surface area contributed by atoms with Gasteiger partial charge in [0.2, 0.25) is 0 Å². The van der Waals surface area contributed by atoms with Gasteiger partial charge >= 0.3 is 0 Å². The summed E-state index contributed by atoms with van der Waals surface area (Å²) in [5.74, 6) is 0. The molecule has 0 atom stereocenters. The van der Waals surface area contributed by atoms with Crippen LogP contribution < -0.4 is 0 Å². The molecule has 0 bridgehead atoms. The number of rotatable bonds is 8. The van der Waals surface area contributed by atoms with E-state index in [1.807, 2.05) is 6.07 Å². The number of hydrogen-bond acceptors (Lipinski definition) is 3. The van der Waals surface area contributed by atoms with Crippen molar-refractivity contribution in [3.8, 4) is 0 Å². The van der Waals surface area contributed by atoms with Gasteiger partial charge in [0, 0.05) is 9.75 Å². The summed E-state index contributed by atoms with van der Waals surface area (Å²) >= 11 is 1.75. The third-order valence-electron chi connectivity index (χ3n) is 2.29. The summed E-state index contributed by atoms with van der Waals surface area (Å²) in [6.07, 6.45) is 6.35. The van der Waals surface area contributed by atoms with Crippen LogP contribution >= 0.6 is 11.3 Å². The number of unbranched alkanes of at least 4 members (excludes halogenated alkanes) is 3. The minimum absolute atomic E-state index is 0.420. The molecule has 84 valence electrons. The second-order valence-electron chi connectivity index (χ2n) is 3.59. The van der Waals surface area contributed by atoms with E-state index in [9.17, 15) is 4.79 Å². The summed E-state index contributed by atoms with van der Waals surface area (Å²) in [4.78, 5) is 12.5. The zero-order valence-electron chi connectivity index (χ0n) is 9.20. The number of aryl methyl sites for hydroxylation is 1. The predicted octanol–water partition coefficient (Wildman–Crippen LogP) is 3.54. The Morgan fingerprint density at radius 2 is 2.07 bits per heavy atom. The molecule has 3 heteroatoms. The van der Waals surface area contributed by atoms with Gasteiger partial charge in [-0.2, -0.15) is 0 Å². The van der Waals surface area contributed by atoms with E-state index in [0.717, 1.165) is 11.3 Å². The number of hydrogen-bond donors (Lipinski definition) is 0. The molecule has 1 aromatic rings. The smallest absolute Gasteiger partial charge is 0.293 e. The lowest BCUT2D eigenvalue weighted by atomic mass is 10.1. The molecule has 0 saturated carbocycles. The Bertz CT molecular complexity index is 281. The van der Waals surface area contributed by atoms with Crippen molar-refractivity contribution < 1.29 is 9.53 Å². The van der Waals surface area contributed by atoms with Crippen molar-refractivity contribution in [3.63, 3.8) is 0 Å². The average molecular weight is 226 g/mol. The SMILES string of the molecule is CCCCCCc1ccc(COC=O)s1. The van der Waals surface area contributed by atoms with Crippen LogP contribution in [0.4, 0.5) is 0 Å². The monoisotopic (exact) mass is 226 g/mol. The molecule has 0 aliphatic rings. The fraction of sp³-hybridized carbons (Fsp3) is 0.583. The summed E-state index contributed by atoms with van der Waals surface area (Å²) < 4.78 is 4.71. The largest absolute Gasteiger partial charge is 0.462 e. The van der Waals surface area contributed by atoms with Gasteiger partial charge < -0.3 is 4.74 Å². The molecule has 0 saturated heterocycles. The Hall–Kier alpha value is -0.830. The second kappa shape index (κ2) is 7.46. The van der Waals surface area contributed by atoms with Crippen LogP contribution in [0.2, 0.25) is 0 Å². The minimum atomic E-state index is 0.420. The zero-order chi connectivity index (χ0) is 10.9. The van der Waals surface area contributed by atoms with E-state index in [1.165, 1.54) is 30.6 Å². The van der Waals surface area contributed by atoms with Gasteiger partial charge in [0.25, 0.3) is 6.47 Å². The first kappa shape index (κ1) is 12.2. The Morgan fingerprint density at radius 1 is 1.27 bits per heavy atom. The first-order chi connectivity index (χ1) is 7.36. The van der Waals surface area contributed by atoms with E-state index in [-0.39, 0.29) is 0 Å². The fourth-order valence-electron chi connectivity index (χ4n) is 1.48. The molecule has 0 amide bonds. The standard InChI is InChI=1S/C12H18O2S/c1-2-3-4-5-6-11-7-8-12(15-11)9-14-10-13/h7-8,10H,2-6,9H2,1H3. The highest BCUT2D eigenvalue weighted by molar-refractivity contribution is 7.11. The van der Waals surface area contributed by atoms with Gasteiger partial charge in [-0.25, -0.2) is 0 Å². The topological polar surface area (TPSA) is 26.3 Å². The molecule has 1 rings (SSSR count). The van der Waals surface area contributed by atoms with Gasteiger partial charge in [-0.3, -0.25) is 4.79 Å². The number of ether oxygens (including phenoxy) is 1. The summed E-state index contributed by atoms with van der Waals surface area (Å²) in [6, 6.07) is 4.18. The summed E-state index contributed by atoms with van der Waals surface area (Å²) in [7, 11) is 0. The van der Waals surface area contributed by atoms with Crippen molar-refractivity contribution in [2.24, 2.45) is 0 Å². The van der Waals surface area contributed by atoms with Crippen molar-refractivity contribution in [3.05, 3.63) is 21.9 Å². The normalized spacial score (nSPS) is 10.2. The minimum Gasteiger partial charge on any atom is -0.462 e. The molecule has 2 nitrogen and oxygen atoms in total. The Kier molecular flexibility index (Phi) is 6.09. The van der Waals surface area contributed by atoms with Crippen molar-refractivity contribution >= 4 is 17.8 Å². The first-order valence-corrected chi connectivity index (χ1v) is 6.31. The number of carbonyl (C=O) groups is 1. The van der Waals surface area contributed by atoms with Gasteiger partial charge in [0.05, 0.1) is 0 Å². The Morgan fingerprint density at radius 3 is 2.80 bits per heavy atom. The molecule has 1 aromatic heterocycles. The van der Waals surface area contributed by atoms with Gasteiger partial charge in [-0.1, -0.05) is 26.2 Å². The molecule has 15 heavy (non-hydrogen) atoms. The van der Waals surface area contributed by atoms with Gasteiger partial charge in [-0.15, -0.1) is 11.3 Å². The van der Waals surface area contributed by atoms with Crippen molar-refractivity contribution in [1.29, 1.82) is 0 Å². The summed E-state index contributed by atoms with van der Waals surface area (Å²) in [6.45, 7) is 3.14. The van der Waals surface area contributed by atoms with Crippen molar-refractivity contribution in [1.82, 2.24) is 0 Å². The molecule has 0 radical (unpaired) electrons. The third-order valence-corrected chi connectivity index (χ3v) is 3.41. The molecular formula is C12H18O2S. The first-order valence-electron chi connectivity index (χ1n) is 5.49. The third kappa shape index (κ3) is 4.98. The molecule has 0 fully saturated rings. The van der Waals surface area contributed by atoms with Crippen LogP contribution in [0.1, 0.15) is 42.4 Å². The molecule has 0 unspecified atom stereocenters. The van der Waals surface area contributed by atoms with E-state index < -0.39 is 0 Å². The van der Waals surface area contributed by atoms with E-state index >= 15 is 0 Å². The lowest BCUT2D eigenvalue weighted by molar-refractivity contribution is -0.129.